The van der Waals surface area contributed by atoms with Crippen molar-refractivity contribution in [3.63, 3.8) is 0 Å². The number of rotatable bonds is 4. The Morgan fingerprint density at radius 2 is 1.88 bits per heavy atom. The smallest absolute Gasteiger partial charge is 0.225 e. The normalized spacial score (nSPS) is 19.3. The monoisotopic (exact) mass is 240 g/mol. The van der Waals surface area contributed by atoms with Crippen LogP contribution in [0, 0.1) is 11.3 Å². The molecule has 0 unspecified atom stereocenters. The summed E-state index contributed by atoms with van der Waals surface area (Å²) in [6.07, 6.45) is 3.72. The van der Waals surface area contributed by atoms with Crippen molar-refractivity contribution in [2.75, 3.05) is 26.2 Å². The molecule has 1 aliphatic rings. The molecule has 0 spiro atoms. The maximum atomic E-state index is 11.6. The fourth-order valence-electron chi connectivity index (χ4n) is 2.06. The molecule has 1 amide bonds. The van der Waals surface area contributed by atoms with Crippen LogP contribution in [0.4, 0.5) is 0 Å². The van der Waals surface area contributed by atoms with Gasteiger partial charge in [0, 0.05) is 12.0 Å². The molecule has 1 saturated heterocycles. The maximum Gasteiger partial charge on any atom is 0.225 e. The molecule has 0 aromatic heterocycles. The molecule has 1 N–H and O–H groups in total. The first-order valence-corrected chi connectivity index (χ1v) is 6.90. The van der Waals surface area contributed by atoms with E-state index < -0.39 is 0 Å². The van der Waals surface area contributed by atoms with Crippen LogP contribution >= 0.6 is 0 Å². The van der Waals surface area contributed by atoms with Gasteiger partial charge in [-0.05, 0) is 44.8 Å². The fraction of sp³-hybridized carbons (Fsp3) is 0.929. The third-order valence-electron chi connectivity index (χ3n) is 3.49. The summed E-state index contributed by atoms with van der Waals surface area (Å²) in [7, 11) is 0. The molecule has 0 atom stereocenters. The van der Waals surface area contributed by atoms with E-state index in [0.717, 1.165) is 25.4 Å². The van der Waals surface area contributed by atoms with Crippen molar-refractivity contribution in [1.29, 1.82) is 0 Å². The van der Waals surface area contributed by atoms with Gasteiger partial charge in [0.25, 0.3) is 0 Å². The van der Waals surface area contributed by atoms with Gasteiger partial charge in [-0.1, -0.05) is 27.7 Å². The summed E-state index contributed by atoms with van der Waals surface area (Å²) in [6.45, 7) is 12.6. The van der Waals surface area contributed by atoms with Crippen molar-refractivity contribution in [3.05, 3.63) is 0 Å². The highest BCUT2D eigenvalue weighted by molar-refractivity contribution is 5.81. The van der Waals surface area contributed by atoms with Gasteiger partial charge < -0.3 is 10.2 Å². The summed E-state index contributed by atoms with van der Waals surface area (Å²) in [4.78, 5) is 14.2. The Hall–Kier alpha value is -0.570. The second kappa shape index (κ2) is 6.39. The van der Waals surface area contributed by atoms with Crippen LogP contribution < -0.4 is 5.32 Å². The Balaban J connectivity index is 2.07. The Morgan fingerprint density at radius 3 is 2.41 bits per heavy atom. The van der Waals surface area contributed by atoms with Crippen LogP contribution in [0.25, 0.3) is 0 Å². The molecule has 17 heavy (non-hydrogen) atoms. The van der Waals surface area contributed by atoms with E-state index in [4.69, 9.17) is 0 Å². The molecule has 0 aromatic rings. The van der Waals surface area contributed by atoms with Crippen molar-refractivity contribution in [2.45, 2.75) is 47.0 Å². The molecule has 1 fully saturated rings. The minimum atomic E-state index is -0.263. The third kappa shape index (κ3) is 5.53. The van der Waals surface area contributed by atoms with Gasteiger partial charge >= 0.3 is 0 Å². The van der Waals surface area contributed by atoms with Gasteiger partial charge in [-0.2, -0.15) is 0 Å². The van der Waals surface area contributed by atoms with Crippen LogP contribution in [0.3, 0.4) is 0 Å². The van der Waals surface area contributed by atoms with Crippen molar-refractivity contribution in [1.82, 2.24) is 10.2 Å². The minimum Gasteiger partial charge on any atom is -0.356 e. The Bertz CT molecular complexity index is 237. The van der Waals surface area contributed by atoms with Crippen LogP contribution in [-0.4, -0.2) is 37.0 Å². The lowest BCUT2D eigenvalue weighted by atomic mass is 9.96. The number of amides is 1. The van der Waals surface area contributed by atoms with Crippen LogP contribution in [0.2, 0.25) is 0 Å². The van der Waals surface area contributed by atoms with Gasteiger partial charge in [0.2, 0.25) is 5.91 Å². The first-order chi connectivity index (χ1) is 7.89. The first kappa shape index (κ1) is 14.5. The second-order valence-electron chi connectivity index (χ2n) is 6.38. The quantitative estimate of drug-likeness (QED) is 0.765. The molecule has 3 nitrogen and oxygen atoms in total. The summed E-state index contributed by atoms with van der Waals surface area (Å²) < 4.78 is 0. The maximum absolute atomic E-state index is 11.6. The lowest BCUT2D eigenvalue weighted by Crippen LogP contribution is -2.38. The summed E-state index contributed by atoms with van der Waals surface area (Å²) in [6, 6.07) is 0. The molecule has 0 aliphatic carbocycles. The first-order valence-electron chi connectivity index (χ1n) is 6.90. The summed E-state index contributed by atoms with van der Waals surface area (Å²) >= 11 is 0. The lowest BCUT2D eigenvalue weighted by molar-refractivity contribution is -0.128. The van der Waals surface area contributed by atoms with Gasteiger partial charge in [0.05, 0.1) is 0 Å². The topological polar surface area (TPSA) is 32.3 Å². The fourth-order valence-corrected chi connectivity index (χ4v) is 2.06. The van der Waals surface area contributed by atoms with E-state index >= 15 is 0 Å². The molecule has 1 aliphatic heterocycles. The largest absolute Gasteiger partial charge is 0.356 e. The average molecular weight is 240 g/mol. The number of carbonyl (C=O) groups is 1. The summed E-state index contributed by atoms with van der Waals surface area (Å²) in [5.41, 5.74) is -0.263. The van der Waals surface area contributed by atoms with E-state index in [1.165, 1.54) is 25.9 Å². The summed E-state index contributed by atoms with van der Waals surface area (Å²) in [5, 5.41) is 3.01. The van der Waals surface area contributed by atoms with E-state index in [-0.39, 0.29) is 11.3 Å². The minimum absolute atomic E-state index is 0.157. The van der Waals surface area contributed by atoms with Crippen molar-refractivity contribution in [2.24, 2.45) is 11.3 Å². The van der Waals surface area contributed by atoms with Crippen LogP contribution in [-0.2, 0) is 4.79 Å². The van der Waals surface area contributed by atoms with E-state index in [2.05, 4.69) is 17.1 Å². The van der Waals surface area contributed by atoms with Gasteiger partial charge in [0.15, 0.2) is 0 Å². The van der Waals surface area contributed by atoms with Crippen LogP contribution in [0.5, 0.6) is 0 Å². The lowest BCUT2D eigenvalue weighted by Gasteiger charge is -2.30. The van der Waals surface area contributed by atoms with Crippen molar-refractivity contribution < 1.29 is 4.79 Å². The molecule has 100 valence electrons. The van der Waals surface area contributed by atoms with E-state index in [1.807, 2.05) is 20.8 Å². The van der Waals surface area contributed by atoms with Crippen molar-refractivity contribution in [3.8, 4) is 0 Å². The number of carbonyl (C=O) groups excluding carboxylic acids is 1. The van der Waals surface area contributed by atoms with E-state index in [9.17, 15) is 4.79 Å². The number of hydrogen-bond acceptors (Lipinski definition) is 2. The van der Waals surface area contributed by atoms with Gasteiger partial charge in [-0.15, -0.1) is 0 Å². The van der Waals surface area contributed by atoms with Crippen LogP contribution in [0.1, 0.15) is 47.0 Å². The van der Waals surface area contributed by atoms with E-state index in [1.54, 1.807) is 0 Å². The SMILES string of the molecule is CC1CCN(CCCNC(=O)C(C)(C)C)CC1. The van der Waals surface area contributed by atoms with Gasteiger partial charge in [-0.25, -0.2) is 0 Å². The number of likely N-dealkylation sites (tertiary alicyclic amines) is 1. The number of hydrogen-bond donors (Lipinski definition) is 1. The van der Waals surface area contributed by atoms with E-state index in [0.29, 0.717) is 0 Å². The molecule has 1 rings (SSSR count). The summed E-state index contributed by atoms with van der Waals surface area (Å²) in [5.74, 6) is 1.05. The van der Waals surface area contributed by atoms with Gasteiger partial charge in [0.1, 0.15) is 0 Å². The number of piperidine rings is 1. The Morgan fingerprint density at radius 1 is 1.29 bits per heavy atom. The zero-order valence-corrected chi connectivity index (χ0v) is 11.9. The molecular formula is C14H28N2O. The molecule has 0 aromatic carbocycles. The standard InChI is InChI=1S/C14H28N2O/c1-12-6-10-16(11-7-12)9-5-8-15-13(17)14(2,3)4/h12H,5-11H2,1-4H3,(H,15,17). The second-order valence-corrected chi connectivity index (χ2v) is 6.38. The predicted molar refractivity (Wildman–Crippen MR) is 71.9 cm³/mol. The van der Waals surface area contributed by atoms with Gasteiger partial charge in [-0.3, -0.25) is 4.79 Å². The average Bonchev–Trinajstić information content (AvgIpc) is 2.25. The molecule has 1 heterocycles. The zero-order valence-electron chi connectivity index (χ0n) is 11.9. The third-order valence-corrected chi connectivity index (χ3v) is 3.49. The highest BCUT2D eigenvalue weighted by Crippen LogP contribution is 2.16. The highest BCUT2D eigenvalue weighted by Gasteiger charge is 2.20. The number of nitrogens with zero attached hydrogens (tertiary/aromatic N) is 1. The molecule has 3 heteroatoms. The Kier molecular flexibility index (Phi) is 5.44. The zero-order chi connectivity index (χ0) is 12.9. The predicted octanol–water partition coefficient (Wildman–Crippen LogP) is 2.27. The van der Waals surface area contributed by atoms with Crippen LogP contribution in [0.15, 0.2) is 0 Å². The Labute approximate surface area is 106 Å². The highest BCUT2D eigenvalue weighted by atomic mass is 16.2. The molecule has 0 bridgehead atoms. The molecular weight excluding hydrogens is 212 g/mol. The number of nitrogens with one attached hydrogen (secondary N) is 1. The molecule has 0 saturated carbocycles. The molecule has 0 radical (unpaired) electrons. The van der Waals surface area contributed by atoms with Crippen molar-refractivity contribution >= 4 is 5.91 Å².